The molecule has 1 aromatic carbocycles. The second-order valence-electron chi connectivity index (χ2n) is 5.10. The van der Waals surface area contributed by atoms with E-state index >= 15 is 0 Å². The molecule has 0 fully saturated rings. The predicted molar refractivity (Wildman–Crippen MR) is 76.4 cm³/mol. The van der Waals surface area contributed by atoms with E-state index < -0.39 is 15.6 Å². The van der Waals surface area contributed by atoms with Crippen molar-refractivity contribution >= 4 is 15.7 Å². The van der Waals surface area contributed by atoms with Crippen LogP contribution in [0.1, 0.15) is 31.4 Å². The number of aryl methyl sites for hydroxylation is 1. The maximum Gasteiger partial charge on any atom is 0.242 e. The second kappa shape index (κ2) is 5.48. The first-order valence-electron chi connectivity index (χ1n) is 6.18. The van der Waals surface area contributed by atoms with Crippen molar-refractivity contribution < 1.29 is 13.5 Å². The number of rotatable bonds is 5. The topological polar surface area (TPSA) is 92.4 Å². The van der Waals surface area contributed by atoms with Crippen LogP contribution in [0.3, 0.4) is 0 Å². The fraction of sp³-hybridized carbons (Fsp3) is 0.538. The van der Waals surface area contributed by atoms with Crippen molar-refractivity contribution in [1.82, 2.24) is 4.72 Å². The van der Waals surface area contributed by atoms with Crippen molar-refractivity contribution in [2.24, 2.45) is 0 Å². The number of hydrogen-bond acceptors (Lipinski definition) is 4. The monoisotopic (exact) mass is 286 g/mol. The van der Waals surface area contributed by atoms with E-state index in [4.69, 9.17) is 5.73 Å². The van der Waals surface area contributed by atoms with Crippen LogP contribution < -0.4 is 10.5 Å². The van der Waals surface area contributed by atoms with Gasteiger partial charge in [0.2, 0.25) is 10.0 Å². The highest BCUT2D eigenvalue weighted by molar-refractivity contribution is 7.89. The highest BCUT2D eigenvalue weighted by Crippen LogP contribution is 2.25. The minimum absolute atomic E-state index is 0.0430. The molecule has 0 aliphatic heterocycles. The minimum atomic E-state index is -3.72. The number of nitrogens with two attached hydrogens (primary N) is 1. The third-order valence-electron chi connectivity index (χ3n) is 3.38. The molecule has 0 radical (unpaired) electrons. The lowest BCUT2D eigenvalue weighted by Gasteiger charge is -2.22. The summed E-state index contributed by atoms with van der Waals surface area (Å²) in [4.78, 5) is 0.0967. The zero-order valence-electron chi connectivity index (χ0n) is 11.8. The third kappa shape index (κ3) is 3.68. The van der Waals surface area contributed by atoms with Crippen molar-refractivity contribution in [3.05, 3.63) is 23.3 Å². The van der Waals surface area contributed by atoms with Crippen LogP contribution in [0.4, 0.5) is 5.69 Å². The van der Waals surface area contributed by atoms with Gasteiger partial charge in [0, 0.05) is 6.54 Å². The molecule has 0 heterocycles. The van der Waals surface area contributed by atoms with E-state index in [1.807, 2.05) is 6.92 Å². The summed E-state index contributed by atoms with van der Waals surface area (Å²) in [5.41, 5.74) is 6.40. The zero-order valence-corrected chi connectivity index (χ0v) is 12.6. The van der Waals surface area contributed by atoms with Gasteiger partial charge < -0.3 is 10.8 Å². The van der Waals surface area contributed by atoms with Crippen molar-refractivity contribution in [1.29, 1.82) is 0 Å². The van der Waals surface area contributed by atoms with Crippen LogP contribution >= 0.6 is 0 Å². The lowest BCUT2D eigenvalue weighted by atomic mass is 10.1. The maximum absolute atomic E-state index is 12.3. The molecule has 0 aliphatic carbocycles. The fourth-order valence-electron chi connectivity index (χ4n) is 1.62. The van der Waals surface area contributed by atoms with Gasteiger partial charge in [-0.2, -0.15) is 0 Å². The minimum Gasteiger partial charge on any atom is -0.398 e. The molecule has 1 unspecified atom stereocenters. The molecule has 1 aromatic rings. The maximum atomic E-state index is 12.3. The van der Waals surface area contributed by atoms with Crippen LogP contribution in [0.5, 0.6) is 0 Å². The number of nitrogens with one attached hydrogen (secondary N) is 1. The number of hydrogen-bond donors (Lipinski definition) is 3. The molecule has 0 saturated heterocycles. The summed E-state index contributed by atoms with van der Waals surface area (Å²) in [6.45, 7) is 6.88. The average Bonchev–Trinajstić information content (AvgIpc) is 2.32. The smallest absolute Gasteiger partial charge is 0.242 e. The van der Waals surface area contributed by atoms with Gasteiger partial charge in [0.1, 0.15) is 4.90 Å². The van der Waals surface area contributed by atoms with Crippen LogP contribution in [-0.2, 0) is 10.0 Å². The van der Waals surface area contributed by atoms with E-state index in [0.717, 1.165) is 5.56 Å². The Morgan fingerprint density at radius 3 is 2.47 bits per heavy atom. The van der Waals surface area contributed by atoms with Gasteiger partial charge in [-0.05, 0) is 44.4 Å². The Hall–Kier alpha value is -1.11. The largest absolute Gasteiger partial charge is 0.398 e. The summed E-state index contributed by atoms with van der Waals surface area (Å²) < 4.78 is 27.0. The molecular formula is C13H22N2O3S. The van der Waals surface area contributed by atoms with Crippen LogP contribution in [0.25, 0.3) is 0 Å². The lowest BCUT2D eigenvalue weighted by molar-refractivity contribution is 0.0613. The van der Waals surface area contributed by atoms with Gasteiger partial charge in [0.05, 0.1) is 11.3 Å². The molecule has 0 bridgehead atoms. The molecule has 1 atom stereocenters. The first-order valence-corrected chi connectivity index (χ1v) is 7.67. The molecule has 6 heteroatoms. The number of sulfonamides is 1. The van der Waals surface area contributed by atoms with Gasteiger partial charge in [-0.25, -0.2) is 13.1 Å². The highest BCUT2D eigenvalue weighted by Gasteiger charge is 2.25. The van der Waals surface area contributed by atoms with Crippen molar-refractivity contribution in [3.63, 3.8) is 0 Å². The first kappa shape index (κ1) is 15.9. The van der Waals surface area contributed by atoms with Crippen LogP contribution in [0.15, 0.2) is 17.0 Å². The van der Waals surface area contributed by atoms with Gasteiger partial charge in [0.25, 0.3) is 0 Å². The number of benzene rings is 1. The Labute approximate surface area is 114 Å². The van der Waals surface area contributed by atoms with E-state index in [2.05, 4.69) is 4.72 Å². The standard InChI is InChI=1S/C13H22N2O3S/c1-5-13(4,16)8-15-19(17,18)12-10(3)9(2)6-7-11(12)14/h6-7,15-16H,5,8,14H2,1-4H3. The quantitative estimate of drug-likeness (QED) is 0.712. The Kier molecular flexibility index (Phi) is 4.60. The summed E-state index contributed by atoms with van der Waals surface area (Å²) in [6.07, 6.45) is 0.456. The molecule has 0 saturated carbocycles. The molecule has 4 N–H and O–H groups in total. The summed E-state index contributed by atoms with van der Waals surface area (Å²) in [6, 6.07) is 3.36. The average molecular weight is 286 g/mol. The van der Waals surface area contributed by atoms with Gasteiger partial charge in [-0.3, -0.25) is 0 Å². The van der Waals surface area contributed by atoms with Gasteiger partial charge in [0.15, 0.2) is 0 Å². The fourth-order valence-corrected chi connectivity index (χ4v) is 3.20. The van der Waals surface area contributed by atoms with E-state index in [0.29, 0.717) is 12.0 Å². The van der Waals surface area contributed by atoms with Gasteiger partial charge in [-0.1, -0.05) is 13.0 Å². The van der Waals surface area contributed by atoms with Gasteiger partial charge >= 0.3 is 0 Å². The molecule has 0 aromatic heterocycles. The van der Waals surface area contributed by atoms with Crippen LogP contribution in [0, 0.1) is 13.8 Å². The number of nitrogen functional groups attached to an aromatic ring is 1. The molecule has 0 amide bonds. The molecule has 5 nitrogen and oxygen atoms in total. The van der Waals surface area contributed by atoms with E-state index in [1.165, 1.54) is 0 Å². The second-order valence-corrected chi connectivity index (χ2v) is 6.80. The Morgan fingerprint density at radius 2 is 1.95 bits per heavy atom. The Bertz CT molecular complexity index is 565. The Balaban J connectivity index is 3.12. The molecule has 0 spiro atoms. The molecule has 1 rings (SSSR count). The van der Waals surface area contributed by atoms with Gasteiger partial charge in [-0.15, -0.1) is 0 Å². The zero-order chi connectivity index (χ0) is 14.8. The summed E-state index contributed by atoms with van der Waals surface area (Å²) in [5.74, 6) is 0. The number of aliphatic hydroxyl groups is 1. The number of anilines is 1. The van der Waals surface area contributed by atoms with Crippen molar-refractivity contribution in [3.8, 4) is 0 Å². The van der Waals surface area contributed by atoms with Crippen molar-refractivity contribution in [2.75, 3.05) is 12.3 Å². The van der Waals surface area contributed by atoms with Crippen LogP contribution in [0.2, 0.25) is 0 Å². The summed E-state index contributed by atoms with van der Waals surface area (Å²) in [5, 5.41) is 9.87. The molecular weight excluding hydrogens is 264 g/mol. The van der Waals surface area contributed by atoms with Crippen LogP contribution in [-0.4, -0.2) is 25.7 Å². The molecule has 0 aliphatic rings. The molecule has 108 valence electrons. The molecule has 19 heavy (non-hydrogen) atoms. The van der Waals surface area contributed by atoms with E-state index in [1.54, 1.807) is 32.9 Å². The normalized spacial score (nSPS) is 15.2. The highest BCUT2D eigenvalue weighted by atomic mass is 32.2. The van der Waals surface area contributed by atoms with Crippen molar-refractivity contribution in [2.45, 2.75) is 44.6 Å². The summed E-state index contributed by atoms with van der Waals surface area (Å²) >= 11 is 0. The first-order chi connectivity index (χ1) is 8.60. The SMILES string of the molecule is CCC(C)(O)CNS(=O)(=O)c1c(N)ccc(C)c1C. The Morgan fingerprint density at radius 1 is 1.37 bits per heavy atom. The summed E-state index contributed by atoms with van der Waals surface area (Å²) in [7, 11) is -3.72. The third-order valence-corrected chi connectivity index (χ3v) is 4.98. The van der Waals surface area contributed by atoms with E-state index in [-0.39, 0.29) is 17.1 Å². The predicted octanol–water partition coefficient (Wildman–Crippen LogP) is 1.32. The van der Waals surface area contributed by atoms with E-state index in [9.17, 15) is 13.5 Å². The lowest BCUT2D eigenvalue weighted by Crippen LogP contribution is -2.40.